The number of rotatable bonds is 1. The second-order valence-electron chi connectivity index (χ2n) is 3.86. The number of fused-ring (bicyclic) bond motifs is 1. The number of hydrogen-bond donors (Lipinski definition) is 2. The number of benzene rings is 1. The molecule has 0 amide bonds. The molecule has 0 aliphatic carbocycles. The van der Waals surface area contributed by atoms with Gasteiger partial charge in [0.05, 0.1) is 0 Å². The molecule has 0 atom stereocenters. The maximum Gasteiger partial charge on any atom is 0.137 e. The number of pyridine rings is 1. The van der Waals surface area contributed by atoms with E-state index in [9.17, 15) is 0 Å². The molecule has 2 heterocycles. The van der Waals surface area contributed by atoms with Crippen molar-refractivity contribution in [3.8, 4) is 11.3 Å². The van der Waals surface area contributed by atoms with E-state index in [0.29, 0.717) is 10.7 Å². The molecule has 3 N–H and O–H groups in total. The zero-order chi connectivity index (χ0) is 11.8. The van der Waals surface area contributed by atoms with E-state index in [1.165, 1.54) is 0 Å². The molecule has 84 valence electrons. The van der Waals surface area contributed by atoms with Crippen molar-refractivity contribution in [2.45, 2.75) is 0 Å². The molecule has 0 unspecified atom stereocenters. The van der Waals surface area contributed by atoms with E-state index in [0.717, 1.165) is 22.3 Å². The van der Waals surface area contributed by atoms with Crippen LogP contribution >= 0.6 is 11.6 Å². The van der Waals surface area contributed by atoms with E-state index in [1.807, 2.05) is 24.3 Å². The van der Waals surface area contributed by atoms with Gasteiger partial charge < -0.3 is 10.7 Å². The van der Waals surface area contributed by atoms with Crippen molar-refractivity contribution in [2.75, 3.05) is 5.73 Å². The summed E-state index contributed by atoms with van der Waals surface area (Å²) in [5.41, 5.74) is 9.32. The third kappa shape index (κ3) is 1.74. The van der Waals surface area contributed by atoms with Crippen LogP contribution < -0.4 is 5.73 Å². The number of nitrogens with two attached hydrogens (primary N) is 1. The van der Waals surface area contributed by atoms with Crippen molar-refractivity contribution in [3.05, 3.63) is 47.6 Å². The van der Waals surface area contributed by atoms with Crippen LogP contribution in [0.5, 0.6) is 0 Å². The first kappa shape index (κ1) is 10.2. The minimum absolute atomic E-state index is 0.667. The summed E-state index contributed by atoms with van der Waals surface area (Å²) >= 11 is 5.98. The number of aromatic amines is 1. The van der Waals surface area contributed by atoms with E-state index in [4.69, 9.17) is 17.3 Å². The Balaban J connectivity index is 2.23. The van der Waals surface area contributed by atoms with Crippen LogP contribution in [0.1, 0.15) is 0 Å². The second-order valence-corrected chi connectivity index (χ2v) is 4.29. The number of nitrogen functional groups attached to an aromatic ring is 1. The molecule has 4 heteroatoms. The highest BCUT2D eigenvalue weighted by molar-refractivity contribution is 6.31. The predicted octanol–water partition coefficient (Wildman–Crippen LogP) is 3.47. The van der Waals surface area contributed by atoms with Gasteiger partial charge in [0.25, 0.3) is 0 Å². The van der Waals surface area contributed by atoms with E-state index < -0.39 is 0 Å². The highest BCUT2D eigenvalue weighted by Gasteiger charge is 2.07. The number of halogens is 1. The molecule has 3 nitrogen and oxygen atoms in total. The molecule has 0 saturated heterocycles. The van der Waals surface area contributed by atoms with Gasteiger partial charge in [-0.25, -0.2) is 4.98 Å². The summed E-state index contributed by atoms with van der Waals surface area (Å²) in [6.45, 7) is 0. The molecular formula is C13H10ClN3. The molecule has 0 saturated carbocycles. The lowest BCUT2D eigenvalue weighted by Gasteiger charge is -2.03. The predicted molar refractivity (Wildman–Crippen MR) is 71.0 cm³/mol. The Morgan fingerprint density at radius 3 is 2.88 bits per heavy atom. The van der Waals surface area contributed by atoms with Crippen LogP contribution in [0.4, 0.5) is 5.69 Å². The minimum Gasteiger partial charge on any atom is -0.398 e. The lowest BCUT2D eigenvalue weighted by molar-refractivity contribution is 1.32. The fourth-order valence-corrected chi connectivity index (χ4v) is 2.04. The molecule has 0 radical (unpaired) electrons. The molecule has 0 bridgehead atoms. The first-order chi connectivity index (χ1) is 8.24. The Hall–Kier alpha value is -2.00. The maximum atomic E-state index is 5.98. The van der Waals surface area contributed by atoms with Gasteiger partial charge in [-0.2, -0.15) is 0 Å². The number of anilines is 1. The third-order valence-corrected chi connectivity index (χ3v) is 2.93. The van der Waals surface area contributed by atoms with Crippen LogP contribution in [0.15, 0.2) is 42.6 Å². The van der Waals surface area contributed by atoms with Crippen LogP contribution in [-0.4, -0.2) is 9.97 Å². The SMILES string of the molecule is Nc1ccc(Cl)cc1-c1cc2cccnc2[nH]1. The van der Waals surface area contributed by atoms with E-state index in [-0.39, 0.29) is 0 Å². The number of H-pyrrole nitrogens is 1. The summed E-state index contributed by atoms with van der Waals surface area (Å²) in [4.78, 5) is 7.48. The lowest BCUT2D eigenvalue weighted by atomic mass is 10.1. The van der Waals surface area contributed by atoms with Gasteiger partial charge in [-0.15, -0.1) is 0 Å². The largest absolute Gasteiger partial charge is 0.398 e. The van der Waals surface area contributed by atoms with E-state index >= 15 is 0 Å². The zero-order valence-electron chi connectivity index (χ0n) is 8.94. The molecule has 3 rings (SSSR count). The summed E-state index contributed by atoms with van der Waals surface area (Å²) in [6, 6.07) is 11.4. The average molecular weight is 244 g/mol. The molecule has 17 heavy (non-hydrogen) atoms. The van der Waals surface area contributed by atoms with E-state index in [2.05, 4.69) is 9.97 Å². The standard InChI is InChI=1S/C13H10ClN3/c14-9-3-4-11(15)10(7-9)12-6-8-2-1-5-16-13(8)17-12/h1-7H,15H2,(H,16,17). The van der Waals surface area contributed by atoms with Gasteiger partial charge in [0.15, 0.2) is 0 Å². The van der Waals surface area contributed by atoms with Gasteiger partial charge in [-0.3, -0.25) is 0 Å². The highest BCUT2D eigenvalue weighted by atomic mass is 35.5. The van der Waals surface area contributed by atoms with Gasteiger partial charge >= 0.3 is 0 Å². The Morgan fingerprint density at radius 1 is 1.18 bits per heavy atom. The molecule has 0 spiro atoms. The van der Waals surface area contributed by atoms with Crippen LogP contribution in [0.3, 0.4) is 0 Å². The summed E-state index contributed by atoms with van der Waals surface area (Å²) in [6.07, 6.45) is 1.75. The summed E-state index contributed by atoms with van der Waals surface area (Å²) in [5.74, 6) is 0. The number of nitrogens with one attached hydrogen (secondary N) is 1. The van der Waals surface area contributed by atoms with Gasteiger partial charge in [0.1, 0.15) is 5.65 Å². The monoisotopic (exact) mass is 243 g/mol. The molecule has 2 aromatic heterocycles. The maximum absolute atomic E-state index is 5.98. The Labute approximate surface area is 103 Å². The van der Waals surface area contributed by atoms with Gasteiger partial charge in [0, 0.05) is 33.6 Å². The fourth-order valence-electron chi connectivity index (χ4n) is 1.86. The van der Waals surface area contributed by atoms with Crippen LogP contribution in [0.25, 0.3) is 22.3 Å². The lowest BCUT2D eigenvalue weighted by Crippen LogP contribution is -1.89. The van der Waals surface area contributed by atoms with Crippen LogP contribution in [-0.2, 0) is 0 Å². The normalized spacial score (nSPS) is 10.9. The topological polar surface area (TPSA) is 54.7 Å². The van der Waals surface area contributed by atoms with Crippen molar-refractivity contribution in [2.24, 2.45) is 0 Å². The smallest absolute Gasteiger partial charge is 0.137 e. The first-order valence-corrected chi connectivity index (χ1v) is 5.61. The molecular weight excluding hydrogens is 234 g/mol. The average Bonchev–Trinajstić information content (AvgIpc) is 2.75. The van der Waals surface area contributed by atoms with Gasteiger partial charge in [-0.05, 0) is 36.4 Å². The minimum atomic E-state index is 0.667. The van der Waals surface area contributed by atoms with Gasteiger partial charge in [-0.1, -0.05) is 11.6 Å². The second kappa shape index (κ2) is 3.79. The quantitative estimate of drug-likeness (QED) is 0.643. The zero-order valence-corrected chi connectivity index (χ0v) is 9.70. The Bertz CT molecular complexity index is 655. The highest BCUT2D eigenvalue weighted by Crippen LogP contribution is 2.30. The number of nitrogens with zero attached hydrogens (tertiary/aromatic N) is 1. The first-order valence-electron chi connectivity index (χ1n) is 5.23. The molecule has 0 aliphatic rings. The van der Waals surface area contributed by atoms with Crippen LogP contribution in [0.2, 0.25) is 5.02 Å². The third-order valence-electron chi connectivity index (χ3n) is 2.70. The van der Waals surface area contributed by atoms with Crippen molar-refractivity contribution in [1.82, 2.24) is 9.97 Å². The summed E-state index contributed by atoms with van der Waals surface area (Å²) in [7, 11) is 0. The molecule has 0 fully saturated rings. The summed E-state index contributed by atoms with van der Waals surface area (Å²) in [5, 5.41) is 1.72. The number of hydrogen-bond acceptors (Lipinski definition) is 2. The molecule has 0 aliphatic heterocycles. The van der Waals surface area contributed by atoms with Crippen molar-refractivity contribution < 1.29 is 0 Å². The van der Waals surface area contributed by atoms with Crippen molar-refractivity contribution >= 4 is 28.3 Å². The van der Waals surface area contributed by atoms with E-state index in [1.54, 1.807) is 18.3 Å². The van der Waals surface area contributed by atoms with Crippen LogP contribution in [0, 0.1) is 0 Å². The Morgan fingerprint density at radius 2 is 2.06 bits per heavy atom. The molecule has 3 aromatic rings. The van der Waals surface area contributed by atoms with Crippen molar-refractivity contribution in [3.63, 3.8) is 0 Å². The van der Waals surface area contributed by atoms with Crippen molar-refractivity contribution in [1.29, 1.82) is 0 Å². The Kier molecular flexibility index (Phi) is 2.27. The fraction of sp³-hybridized carbons (Fsp3) is 0. The summed E-state index contributed by atoms with van der Waals surface area (Å²) < 4.78 is 0. The molecule has 1 aromatic carbocycles. The number of aromatic nitrogens is 2. The van der Waals surface area contributed by atoms with Gasteiger partial charge in [0.2, 0.25) is 0 Å².